The zero-order valence-corrected chi connectivity index (χ0v) is 20.0. The van der Waals surface area contributed by atoms with Crippen LogP contribution in [0.15, 0.2) is 54.6 Å². The second-order valence-electron chi connectivity index (χ2n) is 9.73. The van der Waals surface area contributed by atoms with Crippen molar-refractivity contribution in [1.82, 2.24) is 9.62 Å². The lowest BCUT2D eigenvalue weighted by atomic mass is 9.91. The lowest BCUT2D eigenvalue weighted by molar-refractivity contribution is -0.157. The number of rotatable bonds is 7. The first-order valence-electron chi connectivity index (χ1n) is 11.8. The van der Waals surface area contributed by atoms with Gasteiger partial charge in [0.2, 0.25) is 10.0 Å². The molecule has 7 nitrogen and oxygen atoms in total. The summed E-state index contributed by atoms with van der Waals surface area (Å²) in [7, 11) is -3.84. The number of carbonyl (C=O) groups is 1. The molecule has 1 aliphatic carbocycles. The lowest BCUT2D eigenvalue weighted by Crippen LogP contribution is -2.53. The van der Waals surface area contributed by atoms with Gasteiger partial charge in [0, 0.05) is 24.4 Å². The zero-order chi connectivity index (χ0) is 23.9. The third kappa shape index (κ3) is 4.24. The SMILES string of the molecule is C[C@@H](C#N)S(=O)(=O)N[C@@H]1[C@H](Cc2cccc(-c3ccccc3)c2)N(C(=O)[C@H]2CCO2)CC12CC2. The van der Waals surface area contributed by atoms with Crippen LogP contribution in [0.1, 0.15) is 31.7 Å². The van der Waals surface area contributed by atoms with Crippen LogP contribution in [-0.4, -0.2) is 55.8 Å². The van der Waals surface area contributed by atoms with Gasteiger partial charge in [-0.25, -0.2) is 13.1 Å². The predicted molar refractivity (Wildman–Crippen MR) is 128 cm³/mol. The quantitative estimate of drug-likeness (QED) is 0.658. The van der Waals surface area contributed by atoms with E-state index in [2.05, 4.69) is 29.0 Å². The molecule has 2 aromatic carbocycles. The normalized spacial score (nSPS) is 26.0. The Hall–Kier alpha value is -2.73. The van der Waals surface area contributed by atoms with Crippen molar-refractivity contribution >= 4 is 15.9 Å². The molecular formula is C26H29N3O4S. The number of nitrogens with one attached hydrogen (secondary N) is 1. The maximum atomic E-state index is 13.3. The van der Waals surface area contributed by atoms with E-state index in [1.165, 1.54) is 6.92 Å². The van der Waals surface area contributed by atoms with E-state index < -0.39 is 27.4 Å². The molecule has 1 amide bonds. The summed E-state index contributed by atoms with van der Waals surface area (Å²) in [5.41, 5.74) is 2.94. The number of likely N-dealkylation sites (tertiary alicyclic amines) is 1. The van der Waals surface area contributed by atoms with Gasteiger partial charge in [-0.15, -0.1) is 0 Å². The van der Waals surface area contributed by atoms with Crippen molar-refractivity contribution in [3.63, 3.8) is 0 Å². The monoisotopic (exact) mass is 479 g/mol. The first kappa shape index (κ1) is 23.0. The van der Waals surface area contributed by atoms with E-state index >= 15 is 0 Å². The average molecular weight is 480 g/mol. The smallest absolute Gasteiger partial charge is 0.252 e. The van der Waals surface area contributed by atoms with Crippen LogP contribution < -0.4 is 4.72 Å². The molecular weight excluding hydrogens is 450 g/mol. The van der Waals surface area contributed by atoms with E-state index in [9.17, 15) is 18.5 Å². The van der Waals surface area contributed by atoms with E-state index in [0.717, 1.165) is 29.5 Å². The van der Waals surface area contributed by atoms with E-state index in [0.29, 0.717) is 26.0 Å². The van der Waals surface area contributed by atoms with Gasteiger partial charge in [-0.3, -0.25) is 4.79 Å². The number of benzene rings is 2. The molecule has 3 fully saturated rings. The Bertz CT molecular complexity index is 1220. The van der Waals surface area contributed by atoms with Gasteiger partial charge < -0.3 is 9.64 Å². The Morgan fingerprint density at radius 3 is 2.53 bits per heavy atom. The minimum atomic E-state index is -3.84. The highest BCUT2D eigenvalue weighted by Gasteiger charge is 2.62. The largest absolute Gasteiger partial charge is 0.368 e. The summed E-state index contributed by atoms with van der Waals surface area (Å²) < 4.78 is 34.1. The summed E-state index contributed by atoms with van der Waals surface area (Å²) in [5, 5.41) is 8.07. The minimum Gasteiger partial charge on any atom is -0.368 e. The first-order valence-corrected chi connectivity index (χ1v) is 13.3. The van der Waals surface area contributed by atoms with Gasteiger partial charge in [0.05, 0.1) is 18.7 Å². The second kappa shape index (κ2) is 8.81. The van der Waals surface area contributed by atoms with Crippen molar-refractivity contribution in [2.45, 2.75) is 56.0 Å². The van der Waals surface area contributed by atoms with Crippen LogP contribution in [0.4, 0.5) is 0 Å². The summed E-state index contributed by atoms with van der Waals surface area (Å²) in [6, 6.07) is 19.3. The zero-order valence-electron chi connectivity index (χ0n) is 19.2. The number of nitrogens with zero attached hydrogens (tertiary/aromatic N) is 2. The molecule has 1 spiro atoms. The molecule has 2 heterocycles. The molecule has 5 rings (SSSR count). The molecule has 4 atom stereocenters. The highest BCUT2D eigenvalue weighted by Crippen LogP contribution is 2.56. The summed E-state index contributed by atoms with van der Waals surface area (Å²) in [6.07, 6.45) is 2.49. The minimum absolute atomic E-state index is 0.0585. The van der Waals surface area contributed by atoms with Crippen LogP contribution >= 0.6 is 0 Å². The number of ether oxygens (including phenoxy) is 1. The topological polar surface area (TPSA) is 99.5 Å². The lowest BCUT2D eigenvalue weighted by Gasteiger charge is -2.34. The van der Waals surface area contributed by atoms with Crippen LogP contribution in [0.5, 0.6) is 0 Å². The van der Waals surface area contributed by atoms with Crippen LogP contribution in [0, 0.1) is 16.7 Å². The van der Waals surface area contributed by atoms with Gasteiger partial charge in [0.1, 0.15) is 6.10 Å². The Labute approximate surface area is 200 Å². The molecule has 1 N–H and O–H groups in total. The number of hydrogen-bond acceptors (Lipinski definition) is 5. The van der Waals surface area contributed by atoms with E-state index in [4.69, 9.17) is 4.74 Å². The number of carbonyl (C=O) groups excluding carboxylic acids is 1. The van der Waals surface area contributed by atoms with Gasteiger partial charge in [-0.05, 0) is 42.9 Å². The number of nitriles is 1. The van der Waals surface area contributed by atoms with Crippen molar-refractivity contribution < 1.29 is 17.9 Å². The molecule has 34 heavy (non-hydrogen) atoms. The second-order valence-corrected chi connectivity index (χ2v) is 11.8. The highest BCUT2D eigenvalue weighted by atomic mass is 32.2. The van der Waals surface area contributed by atoms with E-state index in [-0.39, 0.29) is 17.4 Å². The van der Waals surface area contributed by atoms with Crippen LogP contribution in [0.2, 0.25) is 0 Å². The molecule has 2 saturated heterocycles. The fraction of sp³-hybridized carbons (Fsp3) is 0.462. The third-order valence-electron chi connectivity index (χ3n) is 7.50. The summed E-state index contributed by atoms with van der Waals surface area (Å²) in [5.74, 6) is -0.0585. The van der Waals surface area contributed by atoms with Gasteiger partial charge >= 0.3 is 0 Å². The Morgan fingerprint density at radius 1 is 1.21 bits per heavy atom. The predicted octanol–water partition coefficient (Wildman–Crippen LogP) is 2.88. The summed E-state index contributed by atoms with van der Waals surface area (Å²) in [4.78, 5) is 15.1. The highest BCUT2D eigenvalue weighted by molar-refractivity contribution is 7.90. The molecule has 8 heteroatoms. The number of hydrogen-bond donors (Lipinski definition) is 1. The molecule has 0 unspecified atom stereocenters. The standard InChI is InChI=1S/C26H29N3O4S/c1-18(16-27)34(31,32)28-24-22(29(17-26(24)11-12-26)25(30)23-10-13-33-23)15-19-6-5-9-21(14-19)20-7-3-2-4-8-20/h2-9,14,18,22-24,28H,10-13,15,17H2,1H3/t18-,22-,23+,24+/m0/s1. The number of amides is 1. The van der Waals surface area contributed by atoms with Crippen molar-refractivity contribution in [2.24, 2.45) is 5.41 Å². The summed E-state index contributed by atoms with van der Waals surface area (Å²) >= 11 is 0. The third-order valence-corrected chi connectivity index (χ3v) is 9.12. The fourth-order valence-corrected chi connectivity index (χ4v) is 6.26. The van der Waals surface area contributed by atoms with Crippen molar-refractivity contribution in [3.8, 4) is 17.2 Å². The maximum Gasteiger partial charge on any atom is 0.252 e. The first-order chi connectivity index (χ1) is 16.3. The molecule has 0 bridgehead atoms. The van der Waals surface area contributed by atoms with Crippen LogP contribution in [0.25, 0.3) is 11.1 Å². The van der Waals surface area contributed by atoms with E-state index in [1.807, 2.05) is 41.3 Å². The summed E-state index contributed by atoms with van der Waals surface area (Å²) in [6.45, 7) is 2.48. The molecule has 0 radical (unpaired) electrons. The Kier molecular flexibility index (Phi) is 5.96. The van der Waals surface area contributed by atoms with Gasteiger partial charge in [0.25, 0.3) is 5.91 Å². The van der Waals surface area contributed by atoms with Gasteiger partial charge in [-0.2, -0.15) is 5.26 Å². The van der Waals surface area contributed by atoms with Crippen LogP contribution in [-0.2, 0) is 26.0 Å². The molecule has 178 valence electrons. The maximum absolute atomic E-state index is 13.3. The molecule has 3 aliphatic rings. The van der Waals surface area contributed by atoms with Gasteiger partial charge in [-0.1, -0.05) is 54.6 Å². The average Bonchev–Trinajstić information content (AvgIpc) is 3.53. The fourth-order valence-electron chi connectivity index (χ4n) is 5.16. The van der Waals surface area contributed by atoms with Crippen molar-refractivity contribution in [3.05, 3.63) is 60.2 Å². The van der Waals surface area contributed by atoms with Gasteiger partial charge in [0.15, 0.2) is 5.25 Å². The Balaban J connectivity index is 1.48. The van der Waals surface area contributed by atoms with Crippen molar-refractivity contribution in [1.29, 1.82) is 5.26 Å². The molecule has 0 aromatic heterocycles. The van der Waals surface area contributed by atoms with Crippen molar-refractivity contribution in [2.75, 3.05) is 13.2 Å². The van der Waals surface area contributed by atoms with E-state index in [1.54, 1.807) is 0 Å². The van der Waals surface area contributed by atoms with Crippen LogP contribution in [0.3, 0.4) is 0 Å². The molecule has 2 aromatic rings. The Morgan fingerprint density at radius 2 is 1.91 bits per heavy atom. The molecule has 2 aliphatic heterocycles. The molecule has 1 saturated carbocycles. The number of sulfonamides is 1.